The summed E-state index contributed by atoms with van der Waals surface area (Å²) in [6, 6.07) is 10.00. The molecule has 0 bridgehead atoms. The van der Waals surface area contributed by atoms with Gasteiger partial charge in [0.05, 0.1) is 10.2 Å². The van der Waals surface area contributed by atoms with Gasteiger partial charge in [-0.1, -0.05) is 23.5 Å². The van der Waals surface area contributed by atoms with Crippen LogP contribution in [-0.2, 0) is 0 Å². The maximum atomic E-state index is 8.96. The lowest BCUT2D eigenvalue weighted by atomic mass is 10.3. The van der Waals surface area contributed by atoms with Crippen LogP contribution in [-0.4, -0.2) is 9.97 Å². The van der Waals surface area contributed by atoms with Crippen molar-refractivity contribution in [3.8, 4) is 6.07 Å². The van der Waals surface area contributed by atoms with Crippen molar-refractivity contribution in [2.24, 2.45) is 0 Å². The third-order valence-electron chi connectivity index (χ3n) is 2.17. The Hall–Kier alpha value is -1.62. The fourth-order valence-electron chi connectivity index (χ4n) is 1.44. The molecule has 0 atom stereocenters. The predicted molar refractivity (Wildman–Crippen MR) is 75.0 cm³/mol. The van der Waals surface area contributed by atoms with E-state index in [4.69, 9.17) is 11.0 Å². The summed E-state index contributed by atoms with van der Waals surface area (Å²) in [4.78, 5) is 8.47. The Balaban J connectivity index is 1.99. The van der Waals surface area contributed by atoms with Crippen molar-refractivity contribution >= 4 is 49.8 Å². The molecule has 0 aliphatic carbocycles. The Labute approximate surface area is 115 Å². The molecule has 0 amide bonds. The summed E-state index contributed by atoms with van der Waals surface area (Å²) >= 11 is 4.36. The first-order valence-corrected chi connectivity index (χ1v) is 7.41. The average Bonchev–Trinajstić information content (AvgIpc) is 2.92. The van der Waals surface area contributed by atoms with E-state index >= 15 is 0 Å². The SMILES string of the molecule is N#Cc1nc(N)sc1Sc1nc2ccccc2s1. The van der Waals surface area contributed by atoms with Crippen LogP contribution < -0.4 is 5.73 Å². The fraction of sp³-hybridized carbons (Fsp3) is 0. The summed E-state index contributed by atoms with van der Waals surface area (Å²) in [6.07, 6.45) is 0. The van der Waals surface area contributed by atoms with E-state index in [2.05, 4.69) is 9.97 Å². The van der Waals surface area contributed by atoms with Crippen LogP contribution in [0.25, 0.3) is 10.2 Å². The number of aromatic nitrogens is 2. The molecule has 2 heterocycles. The Kier molecular flexibility index (Phi) is 2.91. The van der Waals surface area contributed by atoms with Crippen LogP contribution in [0.1, 0.15) is 5.69 Å². The quantitative estimate of drug-likeness (QED) is 0.783. The van der Waals surface area contributed by atoms with E-state index in [1.165, 1.54) is 23.1 Å². The second kappa shape index (κ2) is 4.57. The molecule has 0 unspecified atom stereocenters. The third kappa shape index (κ3) is 2.06. The Morgan fingerprint density at radius 3 is 2.83 bits per heavy atom. The molecule has 0 saturated heterocycles. The molecule has 0 aliphatic rings. The molecule has 0 spiro atoms. The lowest BCUT2D eigenvalue weighted by molar-refractivity contribution is 1.27. The van der Waals surface area contributed by atoms with Crippen LogP contribution in [0.2, 0.25) is 0 Å². The van der Waals surface area contributed by atoms with E-state index in [1.54, 1.807) is 11.3 Å². The molecule has 1 aromatic carbocycles. The minimum Gasteiger partial charge on any atom is -0.375 e. The Morgan fingerprint density at radius 1 is 1.22 bits per heavy atom. The first-order chi connectivity index (χ1) is 8.76. The van der Waals surface area contributed by atoms with Gasteiger partial charge >= 0.3 is 0 Å². The molecule has 7 heteroatoms. The van der Waals surface area contributed by atoms with Crippen molar-refractivity contribution in [3.05, 3.63) is 30.0 Å². The van der Waals surface area contributed by atoms with Gasteiger partial charge in [-0.25, -0.2) is 9.97 Å². The number of fused-ring (bicyclic) bond motifs is 1. The maximum Gasteiger partial charge on any atom is 0.182 e. The number of nitriles is 1. The molecule has 0 aliphatic heterocycles. The highest BCUT2D eigenvalue weighted by Crippen LogP contribution is 2.39. The Bertz CT molecular complexity index is 720. The number of hydrogen-bond acceptors (Lipinski definition) is 7. The lowest BCUT2D eigenvalue weighted by Gasteiger charge is -1.90. The van der Waals surface area contributed by atoms with Crippen LogP contribution in [0.5, 0.6) is 0 Å². The van der Waals surface area contributed by atoms with Gasteiger partial charge in [0, 0.05) is 0 Å². The zero-order valence-electron chi connectivity index (χ0n) is 8.95. The summed E-state index contributed by atoms with van der Waals surface area (Å²) in [5, 5.41) is 9.37. The van der Waals surface area contributed by atoms with E-state index in [9.17, 15) is 0 Å². The van der Waals surface area contributed by atoms with E-state index in [1.807, 2.05) is 30.3 Å². The van der Waals surface area contributed by atoms with Crippen LogP contribution in [0.15, 0.2) is 32.8 Å². The van der Waals surface area contributed by atoms with Crippen LogP contribution in [0.3, 0.4) is 0 Å². The number of nitrogen functional groups attached to an aromatic ring is 1. The van der Waals surface area contributed by atoms with Gasteiger partial charge in [-0.3, -0.25) is 0 Å². The van der Waals surface area contributed by atoms with Crippen molar-refractivity contribution in [2.75, 3.05) is 5.73 Å². The number of hydrogen-bond donors (Lipinski definition) is 1. The second-order valence-electron chi connectivity index (χ2n) is 3.35. The van der Waals surface area contributed by atoms with Crippen molar-refractivity contribution in [1.82, 2.24) is 9.97 Å². The van der Waals surface area contributed by atoms with Crippen LogP contribution in [0, 0.1) is 11.3 Å². The summed E-state index contributed by atoms with van der Waals surface area (Å²) < 4.78 is 2.83. The molecule has 2 aromatic heterocycles. The van der Waals surface area contributed by atoms with Crippen molar-refractivity contribution in [1.29, 1.82) is 5.26 Å². The van der Waals surface area contributed by atoms with Gasteiger partial charge in [0.15, 0.2) is 15.2 Å². The smallest absolute Gasteiger partial charge is 0.182 e. The molecular weight excluding hydrogens is 284 g/mol. The van der Waals surface area contributed by atoms with E-state index in [-0.39, 0.29) is 0 Å². The van der Waals surface area contributed by atoms with Crippen molar-refractivity contribution in [3.63, 3.8) is 0 Å². The molecule has 88 valence electrons. The highest BCUT2D eigenvalue weighted by atomic mass is 32.2. The Morgan fingerprint density at radius 2 is 2.06 bits per heavy atom. The lowest BCUT2D eigenvalue weighted by Crippen LogP contribution is -1.81. The molecular formula is C11H6N4S3. The van der Waals surface area contributed by atoms with Gasteiger partial charge < -0.3 is 5.73 Å². The largest absolute Gasteiger partial charge is 0.375 e. The summed E-state index contributed by atoms with van der Waals surface area (Å²) in [5.74, 6) is 0. The number of para-hydroxylation sites is 1. The fourth-order valence-corrected chi connectivity index (χ4v) is 4.64. The third-order valence-corrected chi connectivity index (χ3v) is 5.33. The van der Waals surface area contributed by atoms with Gasteiger partial charge in [-0.15, -0.1) is 11.3 Å². The predicted octanol–water partition coefficient (Wildman–Crippen LogP) is 3.36. The zero-order chi connectivity index (χ0) is 12.5. The van der Waals surface area contributed by atoms with Gasteiger partial charge in [-0.2, -0.15) is 5.26 Å². The number of thiazole rings is 2. The summed E-state index contributed by atoms with van der Waals surface area (Å²) in [7, 11) is 0. The van der Waals surface area contributed by atoms with Crippen LogP contribution in [0.4, 0.5) is 5.13 Å². The summed E-state index contributed by atoms with van der Waals surface area (Å²) in [6.45, 7) is 0. The number of anilines is 1. The number of rotatable bonds is 2. The van der Waals surface area contributed by atoms with E-state index in [0.717, 1.165) is 18.8 Å². The molecule has 18 heavy (non-hydrogen) atoms. The molecule has 2 N–H and O–H groups in total. The first-order valence-electron chi connectivity index (χ1n) is 4.96. The van der Waals surface area contributed by atoms with Gasteiger partial charge in [-0.05, 0) is 23.9 Å². The molecule has 3 rings (SSSR count). The van der Waals surface area contributed by atoms with E-state index in [0.29, 0.717) is 10.8 Å². The summed E-state index contributed by atoms with van der Waals surface area (Å²) in [5.41, 5.74) is 6.96. The van der Waals surface area contributed by atoms with E-state index < -0.39 is 0 Å². The zero-order valence-corrected chi connectivity index (χ0v) is 11.4. The van der Waals surface area contributed by atoms with Gasteiger partial charge in [0.1, 0.15) is 10.3 Å². The second-order valence-corrected chi connectivity index (χ2v) is 6.93. The molecule has 3 aromatic rings. The molecule has 4 nitrogen and oxygen atoms in total. The first kappa shape index (κ1) is 11.5. The average molecular weight is 290 g/mol. The number of benzene rings is 1. The van der Waals surface area contributed by atoms with Crippen molar-refractivity contribution < 1.29 is 0 Å². The minimum absolute atomic E-state index is 0.377. The molecule has 0 radical (unpaired) electrons. The maximum absolute atomic E-state index is 8.96. The number of nitrogens with two attached hydrogens (primary N) is 1. The molecule has 0 fully saturated rings. The molecule has 0 saturated carbocycles. The standard InChI is InChI=1S/C11H6N4S3/c12-5-7-9(17-10(13)14-7)18-11-15-6-3-1-2-4-8(6)16-11/h1-4H,(H2,13,14). The number of nitrogens with zero attached hydrogens (tertiary/aromatic N) is 3. The topological polar surface area (TPSA) is 75.6 Å². The minimum atomic E-state index is 0.377. The van der Waals surface area contributed by atoms with Gasteiger partial charge in [0.25, 0.3) is 0 Å². The van der Waals surface area contributed by atoms with Gasteiger partial charge in [0.2, 0.25) is 0 Å². The van der Waals surface area contributed by atoms with Crippen molar-refractivity contribution in [2.45, 2.75) is 8.55 Å². The highest BCUT2D eigenvalue weighted by Gasteiger charge is 2.13. The highest BCUT2D eigenvalue weighted by molar-refractivity contribution is 8.03. The monoisotopic (exact) mass is 290 g/mol. The van der Waals surface area contributed by atoms with Crippen LogP contribution >= 0.6 is 34.4 Å². The normalized spacial score (nSPS) is 10.6.